The summed E-state index contributed by atoms with van der Waals surface area (Å²) in [5.41, 5.74) is 1.03. The molecule has 0 fully saturated rings. The number of methoxy groups -OCH3 is 1. The Morgan fingerprint density at radius 1 is 1.35 bits per heavy atom. The Labute approximate surface area is 103 Å². The molecular weight excluding hydrogens is 214 g/mol. The van der Waals surface area contributed by atoms with E-state index in [2.05, 4.69) is 0 Å². The maximum absolute atomic E-state index is 11.7. The molecular formula is C14H19NO2. The van der Waals surface area contributed by atoms with Crippen molar-refractivity contribution in [2.45, 2.75) is 6.42 Å². The van der Waals surface area contributed by atoms with Gasteiger partial charge in [-0.1, -0.05) is 30.3 Å². The van der Waals surface area contributed by atoms with Gasteiger partial charge in [-0.3, -0.25) is 4.79 Å². The highest BCUT2D eigenvalue weighted by Crippen LogP contribution is 2.01. The Morgan fingerprint density at radius 3 is 2.71 bits per heavy atom. The molecule has 0 aromatic heterocycles. The summed E-state index contributed by atoms with van der Waals surface area (Å²) in [7, 11) is 3.46. The minimum absolute atomic E-state index is 0.0185. The molecule has 92 valence electrons. The van der Waals surface area contributed by atoms with Crippen molar-refractivity contribution in [3.05, 3.63) is 42.0 Å². The Hall–Kier alpha value is -1.61. The molecule has 0 heterocycles. The van der Waals surface area contributed by atoms with Crippen LogP contribution in [0.25, 0.3) is 6.08 Å². The highest BCUT2D eigenvalue weighted by atomic mass is 16.5. The van der Waals surface area contributed by atoms with Crippen molar-refractivity contribution in [2.75, 3.05) is 27.3 Å². The van der Waals surface area contributed by atoms with Crippen LogP contribution in [0.2, 0.25) is 0 Å². The molecule has 0 bridgehead atoms. The fraction of sp³-hybridized carbons (Fsp3) is 0.357. The molecule has 0 aliphatic heterocycles. The number of amides is 1. The molecule has 0 aliphatic carbocycles. The van der Waals surface area contributed by atoms with E-state index < -0.39 is 0 Å². The molecule has 0 N–H and O–H groups in total. The van der Waals surface area contributed by atoms with Gasteiger partial charge in [0.1, 0.15) is 0 Å². The number of rotatable bonds is 6. The number of carbonyl (C=O) groups excluding carboxylic acids is 1. The van der Waals surface area contributed by atoms with E-state index in [4.69, 9.17) is 4.74 Å². The first-order valence-electron chi connectivity index (χ1n) is 5.71. The summed E-state index contributed by atoms with van der Waals surface area (Å²) in [5, 5.41) is 0. The molecule has 0 atom stereocenters. The van der Waals surface area contributed by atoms with Crippen LogP contribution in [0.15, 0.2) is 36.4 Å². The van der Waals surface area contributed by atoms with Crippen LogP contribution in [0.3, 0.4) is 0 Å². The fourth-order valence-corrected chi connectivity index (χ4v) is 1.42. The van der Waals surface area contributed by atoms with Crippen molar-refractivity contribution >= 4 is 12.0 Å². The first kappa shape index (κ1) is 13.5. The summed E-state index contributed by atoms with van der Waals surface area (Å²) in [6.45, 7) is 1.39. The topological polar surface area (TPSA) is 29.5 Å². The molecule has 1 rings (SSSR count). The second kappa shape index (κ2) is 7.63. The van der Waals surface area contributed by atoms with E-state index in [0.29, 0.717) is 13.2 Å². The second-order valence-corrected chi connectivity index (χ2v) is 3.85. The van der Waals surface area contributed by atoms with Gasteiger partial charge in [-0.2, -0.15) is 0 Å². The van der Waals surface area contributed by atoms with Gasteiger partial charge in [0.2, 0.25) is 5.91 Å². The van der Waals surface area contributed by atoms with Crippen molar-refractivity contribution in [1.82, 2.24) is 4.90 Å². The molecule has 3 heteroatoms. The van der Waals surface area contributed by atoms with Crippen LogP contribution < -0.4 is 0 Å². The summed E-state index contributed by atoms with van der Waals surface area (Å²) in [5.74, 6) is 0.0185. The number of ether oxygens (including phenoxy) is 1. The van der Waals surface area contributed by atoms with E-state index in [1.54, 1.807) is 25.1 Å². The van der Waals surface area contributed by atoms with Gasteiger partial charge < -0.3 is 9.64 Å². The maximum atomic E-state index is 11.7. The van der Waals surface area contributed by atoms with Crippen molar-refractivity contribution in [2.24, 2.45) is 0 Å². The van der Waals surface area contributed by atoms with Gasteiger partial charge in [0.05, 0.1) is 0 Å². The number of likely N-dealkylation sites (N-methyl/N-ethyl adjacent to an activating group) is 1. The normalized spacial score (nSPS) is 10.7. The van der Waals surface area contributed by atoms with Gasteiger partial charge in [0, 0.05) is 33.4 Å². The van der Waals surface area contributed by atoms with Crippen LogP contribution in [0.5, 0.6) is 0 Å². The Morgan fingerprint density at radius 2 is 2.06 bits per heavy atom. The zero-order chi connectivity index (χ0) is 12.5. The zero-order valence-corrected chi connectivity index (χ0v) is 10.4. The van der Waals surface area contributed by atoms with Crippen molar-refractivity contribution in [3.8, 4) is 0 Å². The lowest BCUT2D eigenvalue weighted by molar-refractivity contribution is -0.124. The molecule has 0 saturated carbocycles. The van der Waals surface area contributed by atoms with E-state index in [0.717, 1.165) is 12.0 Å². The Bertz CT molecular complexity index is 360. The lowest BCUT2D eigenvalue weighted by atomic mass is 10.2. The lowest BCUT2D eigenvalue weighted by Crippen LogP contribution is -2.26. The van der Waals surface area contributed by atoms with Crippen LogP contribution in [0, 0.1) is 0 Å². The summed E-state index contributed by atoms with van der Waals surface area (Å²) in [4.78, 5) is 13.4. The third kappa shape index (κ3) is 5.31. The molecule has 1 aromatic rings. The van der Waals surface area contributed by atoms with E-state index in [9.17, 15) is 4.79 Å². The van der Waals surface area contributed by atoms with E-state index in [1.165, 1.54) is 0 Å². The van der Waals surface area contributed by atoms with Gasteiger partial charge in [0.15, 0.2) is 0 Å². The van der Waals surface area contributed by atoms with Crippen molar-refractivity contribution in [1.29, 1.82) is 0 Å². The van der Waals surface area contributed by atoms with Crippen molar-refractivity contribution in [3.63, 3.8) is 0 Å². The summed E-state index contributed by atoms with van der Waals surface area (Å²) < 4.78 is 4.95. The smallest absolute Gasteiger partial charge is 0.246 e. The second-order valence-electron chi connectivity index (χ2n) is 3.85. The summed E-state index contributed by atoms with van der Waals surface area (Å²) in [6, 6.07) is 9.79. The first-order chi connectivity index (χ1) is 8.24. The van der Waals surface area contributed by atoms with E-state index >= 15 is 0 Å². The van der Waals surface area contributed by atoms with Gasteiger partial charge in [0.25, 0.3) is 0 Å². The predicted octanol–water partition coefficient (Wildman–Crippen LogP) is 2.19. The molecule has 17 heavy (non-hydrogen) atoms. The van der Waals surface area contributed by atoms with Crippen LogP contribution in [-0.4, -0.2) is 38.1 Å². The molecule has 1 amide bonds. The highest BCUT2D eigenvalue weighted by molar-refractivity contribution is 5.91. The van der Waals surface area contributed by atoms with Gasteiger partial charge >= 0.3 is 0 Å². The minimum Gasteiger partial charge on any atom is -0.385 e. The summed E-state index contributed by atoms with van der Waals surface area (Å²) >= 11 is 0. The predicted molar refractivity (Wildman–Crippen MR) is 69.6 cm³/mol. The number of nitrogens with zero attached hydrogens (tertiary/aromatic N) is 1. The first-order valence-corrected chi connectivity index (χ1v) is 5.71. The van der Waals surface area contributed by atoms with Gasteiger partial charge in [-0.25, -0.2) is 0 Å². The minimum atomic E-state index is 0.0185. The summed E-state index contributed by atoms with van der Waals surface area (Å²) in [6.07, 6.45) is 4.29. The monoisotopic (exact) mass is 233 g/mol. The van der Waals surface area contributed by atoms with Crippen LogP contribution in [-0.2, 0) is 9.53 Å². The highest BCUT2D eigenvalue weighted by Gasteiger charge is 2.03. The standard InChI is InChI=1S/C14H19NO2/c1-15(11-6-12-17-2)14(16)10-9-13-7-4-3-5-8-13/h3-5,7-10H,6,11-12H2,1-2H3/b10-9+. The Balaban J connectivity index is 2.40. The third-order valence-corrected chi connectivity index (χ3v) is 2.44. The average Bonchev–Trinajstić information content (AvgIpc) is 2.37. The molecule has 0 saturated heterocycles. The third-order valence-electron chi connectivity index (χ3n) is 2.44. The van der Waals surface area contributed by atoms with Gasteiger partial charge in [-0.15, -0.1) is 0 Å². The SMILES string of the molecule is COCCCN(C)C(=O)/C=C/c1ccccc1. The van der Waals surface area contributed by atoms with E-state index in [-0.39, 0.29) is 5.91 Å². The fourth-order valence-electron chi connectivity index (χ4n) is 1.42. The average molecular weight is 233 g/mol. The molecule has 0 spiro atoms. The maximum Gasteiger partial charge on any atom is 0.246 e. The molecule has 0 radical (unpaired) electrons. The molecule has 3 nitrogen and oxygen atoms in total. The van der Waals surface area contributed by atoms with E-state index in [1.807, 2.05) is 36.4 Å². The molecule has 1 aromatic carbocycles. The zero-order valence-electron chi connectivity index (χ0n) is 10.4. The Kier molecular flexibility index (Phi) is 6.04. The van der Waals surface area contributed by atoms with Crippen LogP contribution >= 0.6 is 0 Å². The van der Waals surface area contributed by atoms with Crippen LogP contribution in [0.1, 0.15) is 12.0 Å². The molecule has 0 aliphatic rings. The van der Waals surface area contributed by atoms with Crippen LogP contribution in [0.4, 0.5) is 0 Å². The quantitative estimate of drug-likeness (QED) is 0.557. The number of hydrogen-bond donors (Lipinski definition) is 0. The van der Waals surface area contributed by atoms with Crippen molar-refractivity contribution < 1.29 is 9.53 Å². The number of benzene rings is 1. The number of carbonyl (C=O) groups is 1. The van der Waals surface area contributed by atoms with Gasteiger partial charge in [-0.05, 0) is 18.1 Å². The molecule has 0 unspecified atom stereocenters. The largest absolute Gasteiger partial charge is 0.385 e. The lowest BCUT2D eigenvalue weighted by Gasteiger charge is -2.14. The number of hydrogen-bond acceptors (Lipinski definition) is 2.